The van der Waals surface area contributed by atoms with Gasteiger partial charge >= 0.3 is 0 Å². The van der Waals surface area contributed by atoms with Gasteiger partial charge in [-0.25, -0.2) is 0 Å². The summed E-state index contributed by atoms with van der Waals surface area (Å²) in [6.45, 7) is 0.845. The summed E-state index contributed by atoms with van der Waals surface area (Å²) in [5.74, 6) is 1.67. The van der Waals surface area contributed by atoms with E-state index >= 15 is 0 Å². The number of carbonyl (C=O) groups is 1. The van der Waals surface area contributed by atoms with E-state index in [1.54, 1.807) is 19.2 Å². The lowest BCUT2D eigenvalue weighted by molar-refractivity contribution is 0.109. The SMILES string of the molecule is COCc1cccc(OCc2ccc(C=O)o2)c1. The van der Waals surface area contributed by atoms with Crippen molar-refractivity contribution in [1.29, 1.82) is 0 Å². The highest BCUT2D eigenvalue weighted by molar-refractivity contribution is 5.70. The minimum Gasteiger partial charge on any atom is -0.486 e. The van der Waals surface area contributed by atoms with Crippen LogP contribution in [0.2, 0.25) is 0 Å². The van der Waals surface area contributed by atoms with Gasteiger partial charge in [-0.2, -0.15) is 0 Å². The molecule has 4 heteroatoms. The molecule has 0 saturated heterocycles. The van der Waals surface area contributed by atoms with Gasteiger partial charge in [-0.3, -0.25) is 4.79 Å². The van der Waals surface area contributed by atoms with E-state index in [0.29, 0.717) is 31.0 Å². The number of aldehydes is 1. The minimum absolute atomic E-state index is 0.296. The molecule has 0 aliphatic carbocycles. The van der Waals surface area contributed by atoms with Crippen LogP contribution >= 0.6 is 0 Å². The van der Waals surface area contributed by atoms with Crippen LogP contribution in [-0.2, 0) is 18.0 Å². The highest BCUT2D eigenvalue weighted by Crippen LogP contribution is 2.16. The highest BCUT2D eigenvalue weighted by atomic mass is 16.5. The third kappa shape index (κ3) is 3.21. The molecule has 0 aliphatic rings. The zero-order valence-electron chi connectivity index (χ0n) is 10.1. The van der Waals surface area contributed by atoms with Crippen LogP contribution in [0.3, 0.4) is 0 Å². The molecule has 0 bridgehead atoms. The summed E-state index contributed by atoms with van der Waals surface area (Å²) in [6, 6.07) is 11.0. The minimum atomic E-state index is 0.296. The first-order chi connectivity index (χ1) is 8.81. The topological polar surface area (TPSA) is 48.7 Å². The molecule has 1 aromatic carbocycles. The summed E-state index contributed by atoms with van der Waals surface area (Å²) in [5, 5.41) is 0. The summed E-state index contributed by atoms with van der Waals surface area (Å²) in [5.41, 5.74) is 1.04. The van der Waals surface area contributed by atoms with Crippen molar-refractivity contribution in [2.75, 3.05) is 7.11 Å². The van der Waals surface area contributed by atoms with Gasteiger partial charge in [-0.1, -0.05) is 12.1 Å². The quantitative estimate of drug-likeness (QED) is 0.735. The van der Waals surface area contributed by atoms with Gasteiger partial charge in [0.15, 0.2) is 12.0 Å². The van der Waals surface area contributed by atoms with Crippen molar-refractivity contribution in [2.45, 2.75) is 13.2 Å². The molecule has 0 unspecified atom stereocenters. The normalized spacial score (nSPS) is 10.3. The van der Waals surface area contributed by atoms with E-state index in [1.807, 2.05) is 24.3 Å². The molecule has 2 rings (SSSR count). The lowest BCUT2D eigenvalue weighted by Gasteiger charge is -2.06. The fraction of sp³-hybridized carbons (Fsp3) is 0.214. The third-order valence-corrected chi connectivity index (χ3v) is 2.39. The summed E-state index contributed by atoms with van der Waals surface area (Å²) in [4.78, 5) is 10.5. The third-order valence-electron chi connectivity index (χ3n) is 2.39. The molecule has 0 radical (unpaired) electrons. The summed E-state index contributed by atoms with van der Waals surface area (Å²) < 4.78 is 15.8. The Hall–Kier alpha value is -2.07. The van der Waals surface area contributed by atoms with Gasteiger partial charge in [-0.05, 0) is 29.8 Å². The largest absolute Gasteiger partial charge is 0.486 e. The number of carbonyl (C=O) groups excluding carboxylic acids is 1. The molecule has 94 valence electrons. The van der Waals surface area contributed by atoms with Crippen molar-refractivity contribution < 1.29 is 18.7 Å². The summed E-state index contributed by atoms with van der Waals surface area (Å²) in [7, 11) is 1.65. The Kier molecular flexibility index (Phi) is 4.15. The Balaban J connectivity index is 1.96. The molecule has 0 saturated carbocycles. The van der Waals surface area contributed by atoms with Gasteiger partial charge in [0.25, 0.3) is 0 Å². The molecule has 0 N–H and O–H groups in total. The molecule has 1 aromatic heterocycles. The molecule has 0 atom stereocenters. The molecule has 4 nitrogen and oxygen atoms in total. The molecular weight excluding hydrogens is 232 g/mol. The van der Waals surface area contributed by atoms with Crippen molar-refractivity contribution in [2.24, 2.45) is 0 Å². The smallest absolute Gasteiger partial charge is 0.185 e. The molecule has 0 fully saturated rings. The number of methoxy groups -OCH3 is 1. The van der Waals surface area contributed by atoms with Crippen molar-refractivity contribution in [3.8, 4) is 5.75 Å². The number of ether oxygens (including phenoxy) is 2. The zero-order valence-corrected chi connectivity index (χ0v) is 10.1. The van der Waals surface area contributed by atoms with Crippen molar-refractivity contribution in [1.82, 2.24) is 0 Å². The average Bonchev–Trinajstić information content (AvgIpc) is 2.85. The number of benzene rings is 1. The van der Waals surface area contributed by atoms with Crippen LogP contribution in [-0.4, -0.2) is 13.4 Å². The van der Waals surface area contributed by atoms with Crippen LogP contribution in [0.5, 0.6) is 5.75 Å². The molecular formula is C14H14O4. The van der Waals surface area contributed by atoms with Crippen molar-refractivity contribution >= 4 is 6.29 Å². The van der Waals surface area contributed by atoms with E-state index in [2.05, 4.69) is 0 Å². The Labute approximate surface area is 105 Å². The fourth-order valence-corrected chi connectivity index (χ4v) is 1.58. The van der Waals surface area contributed by atoms with E-state index in [-0.39, 0.29) is 0 Å². The standard InChI is InChI=1S/C14H14O4/c1-16-9-11-3-2-4-12(7-11)17-10-14-6-5-13(8-15)18-14/h2-8H,9-10H2,1H3. The Morgan fingerprint density at radius 2 is 2.11 bits per heavy atom. The van der Waals surface area contributed by atoms with Crippen LogP contribution in [0.1, 0.15) is 21.9 Å². The Morgan fingerprint density at radius 3 is 2.83 bits per heavy atom. The maximum absolute atomic E-state index is 10.5. The maximum atomic E-state index is 10.5. The number of rotatable bonds is 6. The molecule has 0 amide bonds. The lowest BCUT2D eigenvalue weighted by Crippen LogP contribution is -1.95. The second-order valence-corrected chi connectivity index (χ2v) is 3.79. The first kappa shape index (κ1) is 12.4. The molecule has 18 heavy (non-hydrogen) atoms. The van der Waals surface area contributed by atoms with E-state index in [9.17, 15) is 4.79 Å². The fourth-order valence-electron chi connectivity index (χ4n) is 1.58. The molecule has 0 aliphatic heterocycles. The molecule has 1 heterocycles. The van der Waals surface area contributed by atoms with Gasteiger partial charge in [0.1, 0.15) is 18.1 Å². The predicted octanol–water partition coefficient (Wildman–Crippen LogP) is 2.82. The van der Waals surface area contributed by atoms with Crippen LogP contribution < -0.4 is 4.74 Å². The van der Waals surface area contributed by atoms with Crippen LogP contribution in [0.25, 0.3) is 0 Å². The van der Waals surface area contributed by atoms with Gasteiger partial charge < -0.3 is 13.9 Å². The van der Waals surface area contributed by atoms with Crippen molar-refractivity contribution in [3.63, 3.8) is 0 Å². The number of hydrogen-bond acceptors (Lipinski definition) is 4. The average molecular weight is 246 g/mol. The summed E-state index contributed by atoms with van der Waals surface area (Å²) >= 11 is 0. The number of hydrogen-bond donors (Lipinski definition) is 0. The Bertz CT molecular complexity index is 516. The maximum Gasteiger partial charge on any atom is 0.185 e. The van der Waals surface area contributed by atoms with Gasteiger partial charge in [0.05, 0.1) is 6.61 Å². The summed E-state index contributed by atoms with van der Waals surface area (Å²) in [6.07, 6.45) is 0.669. The van der Waals surface area contributed by atoms with Crippen LogP contribution in [0.15, 0.2) is 40.8 Å². The van der Waals surface area contributed by atoms with Gasteiger partial charge in [-0.15, -0.1) is 0 Å². The van der Waals surface area contributed by atoms with Gasteiger partial charge in [0.2, 0.25) is 0 Å². The highest BCUT2D eigenvalue weighted by Gasteiger charge is 2.02. The van der Waals surface area contributed by atoms with Gasteiger partial charge in [0, 0.05) is 7.11 Å². The second-order valence-electron chi connectivity index (χ2n) is 3.79. The number of furan rings is 1. The van der Waals surface area contributed by atoms with Crippen molar-refractivity contribution in [3.05, 3.63) is 53.5 Å². The van der Waals surface area contributed by atoms with E-state index in [0.717, 1.165) is 11.3 Å². The predicted molar refractivity (Wildman–Crippen MR) is 65.6 cm³/mol. The molecule has 2 aromatic rings. The van der Waals surface area contributed by atoms with E-state index in [4.69, 9.17) is 13.9 Å². The first-order valence-electron chi connectivity index (χ1n) is 5.56. The van der Waals surface area contributed by atoms with Crippen LogP contribution in [0.4, 0.5) is 0 Å². The first-order valence-corrected chi connectivity index (χ1v) is 5.56. The van der Waals surface area contributed by atoms with E-state index < -0.39 is 0 Å². The Morgan fingerprint density at radius 1 is 1.22 bits per heavy atom. The molecule has 0 spiro atoms. The van der Waals surface area contributed by atoms with E-state index in [1.165, 1.54) is 0 Å². The lowest BCUT2D eigenvalue weighted by atomic mass is 10.2. The monoisotopic (exact) mass is 246 g/mol. The van der Waals surface area contributed by atoms with Crippen LogP contribution in [0, 0.1) is 0 Å². The second kappa shape index (κ2) is 6.02. The zero-order chi connectivity index (χ0) is 12.8.